The summed E-state index contributed by atoms with van der Waals surface area (Å²) in [7, 11) is 0. The minimum atomic E-state index is 0.0106. The van der Waals surface area contributed by atoms with Gasteiger partial charge in [-0.15, -0.1) is 0 Å². The second-order valence-corrected chi connectivity index (χ2v) is 2.14. The quantitative estimate of drug-likeness (QED) is 0.511. The molecule has 0 aliphatic carbocycles. The minimum absolute atomic E-state index is 0.0106. The maximum Gasteiger partial charge on any atom is 0.174 e. The Labute approximate surface area is 64.7 Å². The average Bonchev–Trinajstić information content (AvgIpc) is 2.05. The Morgan fingerprint density at radius 1 is 1.70 bits per heavy atom. The van der Waals surface area contributed by atoms with E-state index in [1.807, 2.05) is 0 Å². The molecule has 1 aromatic heterocycles. The first-order chi connectivity index (χ1) is 4.84. The van der Waals surface area contributed by atoms with E-state index in [0.717, 1.165) is 0 Å². The summed E-state index contributed by atoms with van der Waals surface area (Å²) in [5.74, 6) is 0.252. The van der Waals surface area contributed by atoms with Crippen molar-refractivity contribution in [3.8, 4) is 0 Å². The van der Waals surface area contributed by atoms with E-state index in [1.165, 1.54) is 0 Å². The highest BCUT2D eigenvalue weighted by molar-refractivity contribution is 7.81. The summed E-state index contributed by atoms with van der Waals surface area (Å²) in [5, 5.41) is 0. The van der Waals surface area contributed by atoms with Crippen LogP contribution in [0.15, 0.2) is 24.5 Å². The fourth-order valence-electron chi connectivity index (χ4n) is 0.619. The summed E-state index contributed by atoms with van der Waals surface area (Å²) in [5.41, 5.74) is 0.623. The van der Waals surface area contributed by atoms with Crippen LogP contribution in [0.1, 0.15) is 10.4 Å². The van der Waals surface area contributed by atoms with E-state index in [2.05, 4.69) is 17.6 Å². The normalized spacial score (nSPS) is 9.30. The molecule has 0 N–H and O–H groups in total. The van der Waals surface area contributed by atoms with Crippen LogP contribution in [0.2, 0.25) is 0 Å². The van der Waals surface area contributed by atoms with E-state index in [-0.39, 0.29) is 11.5 Å². The Morgan fingerprint density at radius 3 is 3.00 bits per heavy atom. The van der Waals surface area contributed by atoms with Crippen LogP contribution in [0.5, 0.6) is 0 Å². The monoisotopic (exact) mass is 153 g/mol. The molecule has 0 fully saturated rings. The zero-order chi connectivity index (χ0) is 7.40. The van der Waals surface area contributed by atoms with Gasteiger partial charge < -0.3 is 0 Å². The number of hydrogen-bond acceptors (Lipinski definition) is 3. The second kappa shape index (κ2) is 3.37. The predicted molar refractivity (Wildman–Crippen MR) is 42.4 cm³/mol. The molecule has 1 heterocycles. The van der Waals surface area contributed by atoms with Crippen LogP contribution in [-0.2, 0) is 0 Å². The molecule has 0 saturated heterocycles. The Balaban J connectivity index is 2.85. The van der Waals surface area contributed by atoms with Crippen LogP contribution in [0.25, 0.3) is 0 Å². The molecule has 0 spiro atoms. The molecule has 0 saturated carbocycles. The van der Waals surface area contributed by atoms with E-state index in [1.54, 1.807) is 24.5 Å². The SMILES string of the molecule is O=C(CS)c1cccnc1. The zero-order valence-electron chi connectivity index (χ0n) is 5.32. The van der Waals surface area contributed by atoms with Crippen LogP contribution in [0, 0.1) is 0 Å². The van der Waals surface area contributed by atoms with Crippen molar-refractivity contribution in [2.24, 2.45) is 0 Å². The highest BCUT2D eigenvalue weighted by atomic mass is 32.1. The lowest BCUT2D eigenvalue weighted by molar-refractivity contribution is 0.102. The van der Waals surface area contributed by atoms with E-state index < -0.39 is 0 Å². The van der Waals surface area contributed by atoms with E-state index in [0.29, 0.717) is 5.56 Å². The number of carbonyl (C=O) groups is 1. The summed E-state index contributed by atoms with van der Waals surface area (Å²) < 4.78 is 0. The highest BCUT2D eigenvalue weighted by Crippen LogP contribution is 1.97. The minimum Gasteiger partial charge on any atom is -0.293 e. The van der Waals surface area contributed by atoms with Gasteiger partial charge in [0.25, 0.3) is 0 Å². The summed E-state index contributed by atoms with van der Waals surface area (Å²) in [6.45, 7) is 0. The number of carbonyl (C=O) groups excluding carboxylic acids is 1. The lowest BCUT2D eigenvalue weighted by Crippen LogP contribution is -1.99. The second-order valence-electron chi connectivity index (χ2n) is 1.82. The summed E-state index contributed by atoms with van der Waals surface area (Å²) in [6.07, 6.45) is 3.17. The van der Waals surface area contributed by atoms with E-state index >= 15 is 0 Å². The summed E-state index contributed by atoms with van der Waals surface area (Å²) in [6, 6.07) is 3.46. The molecule has 10 heavy (non-hydrogen) atoms. The van der Waals surface area contributed by atoms with Gasteiger partial charge in [-0.3, -0.25) is 9.78 Å². The molecule has 3 heteroatoms. The summed E-state index contributed by atoms with van der Waals surface area (Å²) in [4.78, 5) is 14.7. The first-order valence-electron chi connectivity index (χ1n) is 2.88. The maximum absolute atomic E-state index is 10.9. The van der Waals surface area contributed by atoms with Gasteiger partial charge in [0.15, 0.2) is 5.78 Å². The van der Waals surface area contributed by atoms with Crippen molar-refractivity contribution in [3.05, 3.63) is 30.1 Å². The average molecular weight is 153 g/mol. The number of aromatic nitrogens is 1. The lowest BCUT2D eigenvalue weighted by atomic mass is 10.2. The Kier molecular flexibility index (Phi) is 2.45. The van der Waals surface area contributed by atoms with Crippen molar-refractivity contribution < 1.29 is 4.79 Å². The molecule has 2 nitrogen and oxygen atoms in total. The van der Waals surface area contributed by atoms with Crippen molar-refractivity contribution in [1.82, 2.24) is 4.98 Å². The van der Waals surface area contributed by atoms with Gasteiger partial charge in [0.2, 0.25) is 0 Å². The van der Waals surface area contributed by atoms with Crippen molar-refractivity contribution in [2.75, 3.05) is 5.75 Å². The number of nitrogens with zero attached hydrogens (tertiary/aromatic N) is 1. The molecule has 1 rings (SSSR count). The van der Waals surface area contributed by atoms with Crippen molar-refractivity contribution in [2.45, 2.75) is 0 Å². The number of Topliss-reactive ketones (excluding diaryl/α,β-unsaturated/α-hetero) is 1. The number of pyridine rings is 1. The molecule has 0 atom stereocenters. The van der Waals surface area contributed by atoms with Gasteiger partial charge in [0, 0.05) is 18.0 Å². The molecule has 0 amide bonds. The highest BCUT2D eigenvalue weighted by Gasteiger charge is 2.00. The largest absolute Gasteiger partial charge is 0.293 e. The van der Waals surface area contributed by atoms with Gasteiger partial charge in [0.1, 0.15) is 0 Å². The first kappa shape index (κ1) is 7.28. The number of hydrogen-bond donors (Lipinski definition) is 1. The fourth-order valence-corrected chi connectivity index (χ4v) is 0.802. The van der Waals surface area contributed by atoms with Crippen LogP contribution in [0.4, 0.5) is 0 Å². The zero-order valence-corrected chi connectivity index (χ0v) is 6.21. The molecule has 0 unspecified atom stereocenters. The van der Waals surface area contributed by atoms with Gasteiger partial charge in [-0.2, -0.15) is 12.6 Å². The molecular formula is C7H7NOS. The number of ketones is 1. The maximum atomic E-state index is 10.9. The van der Waals surface area contributed by atoms with Crippen molar-refractivity contribution in [3.63, 3.8) is 0 Å². The molecule has 0 aliphatic rings. The van der Waals surface area contributed by atoms with Crippen molar-refractivity contribution in [1.29, 1.82) is 0 Å². The Hall–Kier alpha value is -0.830. The first-order valence-corrected chi connectivity index (χ1v) is 3.52. The third-order valence-electron chi connectivity index (χ3n) is 1.13. The molecule has 0 radical (unpaired) electrons. The Morgan fingerprint density at radius 2 is 2.50 bits per heavy atom. The molecule has 52 valence electrons. The standard InChI is InChI=1S/C7H7NOS/c9-7(5-10)6-2-1-3-8-4-6/h1-4,10H,5H2. The van der Waals surface area contributed by atoms with Gasteiger partial charge in [-0.1, -0.05) is 0 Å². The molecule has 0 aliphatic heterocycles. The third-order valence-corrected chi connectivity index (χ3v) is 1.41. The van der Waals surface area contributed by atoms with E-state index in [9.17, 15) is 4.79 Å². The summed E-state index contributed by atoms with van der Waals surface area (Å²) >= 11 is 3.85. The molecule has 1 aromatic rings. The van der Waals surface area contributed by atoms with Gasteiger partial charge in [0.05, 0.1) is 5.75 Å². The van der Waals surface area contributed by atoms with Gasteiger partial charge >= 0.3 is 0 Å². The molecular weight excluding hydrogens is 146 g/mol. The van der Waals surface area contributed by atoms with E-state index in [4.69, 9.17) is 0 Å². The van der Waals surface area contributed by atoms with Crippen LogP contribution in [0.3, 0.4) is 0 Å². The lowest BCUT2D eigenvalue weighted by Gasteiger charge is -1.92. The predicted octanol–water partition coefficient (Wildman–Crippen LogP) is 1.19. The number of thiol groups is 1. The number of rotatable bonds is 2. The van der Waals surface area contributed by atoms with Gasteiger partial charge in [-0.25, -0.2) is 0 Å². The third kappa shape index (κ3) is 1.57. The van der Waals surface area contributed by atoms with Crippen LogP contribution in [-0.4, -0.2) is 16.5 Å². The smallest absolute Gasteiger partial charge is 0.174 e. The topological polar surface area (TPSA) is 30.0 Å². The van der Waals surface area contributed by atoms with Crippen LogP contribution >= 0.6 is 12.6 Å². The van der Waals surface area contributed by atoms with Crippen molar-refractivity contribution >= 4 is 18.4 Å². The Bertz CT molecular complexity index is 222. The fraction of sp³-hybridized carbons (Fsp3) is 0.143. The van der Waals surface area contributed by atoms with Gasteiger partial charge in [-0.05, 0) is 12.1 Å². The van der Waals surface area contributed by atoms with Crippen LogP contribution < -0.4 is 0 Å². The molecule has 0 aromatic carbocycles. The molecule has 0 bridgehead atoms.